The highest BCUT2D eigenvalue weighted by Crippen LogP contribution is 2.20. The number of nitrogens with one attached hydrogen (secondary N) is 1. The van der Waals surface area contributed by atoms with Crippen molar-refractivity contribution in [2.45, 2.75) is 52.7 Å². The molecule has 0 heterocycles. The minimum atomic E-state index is -0.728. The highest BCUT2D eigenvalue weighted by molar-refractivity contribution is 5.80. The fourth-order valence-corrected chi connectivity index (χ4v) is 2.45. The lowest BCUT2D eigenvalue weighted by Gasteiger charge is -2.30. The molecule has 4 nitrogen and oxygen atoms in total. The van der Waals surface area contributed by atoms with Crippen LogP contribution in [0, 0.1) is 6.92 Å². The van der Waals surface area contributed by atoms with Crippen molar-refractivity contribution < 1.29 is 14.3 Å². The van der Waals surface area contributed by atoms with Gasteiger partial charge in [-0.15, -0.1) is 0 Å². The topological polar surface area (TPSA) is 47.6 Å². The molecule has 0 aliphatic carbocycles. The van der Waals surface area contributed by atoms with Crippen LogP contribution in [0.25, 0.3) is 0 Å². The summed E-state index contributed by atoms with van der Waals surface area (Å²) in [5, 5.41) is 3.22. The number of rotatable bonds is 8. The average Bonchev–Trinajstić information content (AvgIpc) is 2.38. The van der Waals surface area contributed by atoms with Crippen LogP contribution in [0.2, 0.25) is 0 Å². The first-order valence-electron chi connectivity index (χ1n) is 7.57. The second-order valence-corrected chi connectivity index (χ2v) is 5.53. The molecular weight excluding hydrogens is 266 g/mol. The van der Waals surface area contributed by atoms with Gasteiger partial charge in [-0.25, -0.2) is 0 Å². The highest BCUT2D eigenvalue weighted by atomic mass is 16.5. The molecule has 118 valence electrons. The molecular formula is C17H27NO3. The molecule has 2 unspecified atom stereocenters. The van der Waals surface area contributed by atoms with E-state index in [1.807, 2.05) is 58.9 Å². The van der Waals surface area contributed by atoms with Crippen molar-refractivity contribution in [3.63, 3.8) is 0 Å². The molecule has 4 heteroatoms. The normalized spacial score (nSPS) is 15.1. The van der Waals surface area contributed by atoms with Crippen LogP contribution in [0.15, 0.2) is 24.3 Å². The number of esters is 1. The number of hydrogen-bond acceptors (Lipinski definition) is 4. The van der Waals surface area contributed by atoms with Crippen LogP contribution in [0.3, 0.4) is 0 Å². The molecule has 1 N–H and O–H groups in total. The van der Waals surface area contributed by atoms with E-state index >= 15 is 0 Å². The van der Waals surface area contributed by atoms with Gasteiger partial charge in [0.25, 0.3) is 0 Å². The smallest absolute Gasteiger partial charge is 0.326 e. The van der Waals surface area contributed by atoms with Gasteiger partial charge in [0.05, 0.1) is 12.7 Å². The Labute approximate surface area is 127 Å². The Morgan fingerprint density at radius 1 is 1.38 bits per heavy atom. The molecule has 1 aromatic carbocycles. The average molecular weight is 293 g/mol. The molecule has 0 aromatic heterocycles. The summed E-state index contributed by atoms with van der Waals surface area (Å²) in [6.45, 7) is 10.7. The Kier molecular flexibility index (Phi) is 6.69. The summed E-state index contributed by atoms with van der Waals surface area (Å²) < 4.78 is 11.1. The molecule has 0 saturated carbocycles. The van der Waals surface area contributed by atoms with E-state index in [-0.39, 0.29) is 12.1 Å². The first-order valence-corrected chi connectivity index (χ1v) is 7.57. The minimum absolute atomic E-state index is 0.0970. The summed E-state index contributed by atoms with van der Waals surface area (Å²) in [6, 6.07) is 7.91. The van der Waals surface area contributed by atoms with Gasteiger partial charge in [-0.2, -0.15) is 0 Å². The molecule has 0 spiro atoms. The van der Waals surface area contributed by atoms with Gasteiger partial charge in [-0.1, -0.05) is 19.1 Å². The molecule has 0 fully saturated rings. The maximum absolute atomic E-state index is 12.2. The lowest BCUT2D eigenvalue weighted by Crippen LogP contribution is -2.52. The fourth-order valence-electron chi connectivity index (χ4n) is 2.45. The van der Waals surface area contributed by atoms with Crippen molar-refractivity contribution in [1.82, 2.24) is 5.32 Å². The maximum Gasteiger partial charge on any atom is 0.326 e. The summed E-state index contributed by atoms with van der Waals surface area (Å²) >= 11 is 0. The lowest BCUT2D eigenvalue weighted by atomic mass is 9.94. The zero-order valence-electron chi connectivity index (χ0n) is 13.7. The first kappa shape index (κ1) is 17.5. The molecule has 0 bridgehead atoms. The molecule has 0 saturated heterocycles. The number of carbonyl (C=O) groups is 1. The Balaban J connectivity index is 2.72. The summed E-state index contributed by atoms with van der Waals surface area (Å²) in [5.41, 5.74) is 0.424. The van der Waals surface area contributed by atoms with Crippen LogP contribution < -0.4 is 10.1 Å². The number of benzene rings is 1. The van der Waals surface area contributed by atoms with E-state index in [1.54, 1.807) is 0 Å². The van der Waals surface area contributed by atoms with Crippen LogP contribution in [0.4, 0.5) is 0 Å². The molecule has 0 aliphatic heterocycles. The quantitative estimate of drug-likeness (QED) is 0.748. The van der Waals surface area contributed by atoms with Crippen LogP contribution in [-0.4, -0.2) is 30.8 Å². The molecule has 1 rings (SSSR count). The van der Waals surface area contributed by atoms with E-state index in [2.05, 4.69) is 5.32 Å². The predicted molar refractivity (Wildman–Crippen MR) is 84.6 cm³/mol. The SMILES string of the molecule is CCNC(C)(CC(C)Oc1cccc(C)c1)C(=O)OCC. The number of ether oxygens (including phenoxy) is 2. The van der Waals surface area contributed by atoms with Crippen molar-refractivity contribution in [3.05, 3.63) is 29.8 Å². The van der Waals surface area contributed by atoms with E-state index in [0.29, 0.717) is 19.6 Å². The second kappa shape index (κ2) is 8.03. The predicted octanol–water partition coefficient (Wildman–Crippen LogP) is 3.08. The third-order valence-corrected chi connectivity index (χ3v) is 3.32. The van der Waals surface area contributed by atoms with Crippen molar-refractivity contribution in [1.29, 1.82) is 0 Å². The Morgan fingerprint density at radius 2 is 2.10 bits per heavy atom. The van der Waals surface area contributed by atoms with Crippen LogP contribution >= 0.6 is 0 Å². The molecule has 0 amide bonds. The van der Waals surface area contributed by atoms with Gasteiger partial charge in [-0.05, 0) is 51.9 Å². The van der Waals surface area contributed by atoms with Crippen molar-refractivity contribution in [3.8, 4) is 5.75 Å². The summed E-state index contributed by atoms with van der Waals surface area (Å²) in [6.07, 6.45) is 0.452. The third-order valence-electron chi connectivity index (χ3n) is 3.32. The third kappa shape index (κ3) is 5.38. The lowest BCUT2D eigenvalue weighted by molar-refractivity contribution is -0.151. The van der Waals surface area contributed by atoms with E-state index < -0.39 is 5.54 Å². The first-order chi connectivity index (χ1) is 9.91. The summed E-state index contributed by atoms with van der Waals surface area (Å²) in [4.78, 5) is 12.2. The standard InChI is InChI=1S/C17H27NO3/c1-6-18-17(5,16(19)20-7-2)12-14(4)21-15-10-8-9-13(3)11-15/h8-11,14,18H,6-7,12H2,1-5H3. The fraction of sp³-hybridized carbons (Fsp3) is 0.588. The Bertz CT molecular complexity index is 461. The van der Waals surface area contributed by atoms with E-state index in [9.17, 15) is 4.79 Å². The van der Waals surface area contributed by atoms with Gasteiger partial charge in [-0.3, -0.25) is 4.79 Å². The molecule has 2 atom stereocenters. The van der Waals surface area contributed by atoms with Gasteiger partial charge in [0.15, 0.2) is 0 Å². The Morgan fingerprint density at radius 3 is 2.67 bits per heavy atom. The van der Waals surface area contributed by atoms with Crippen molar-refractivity contribution in [2.24, 2.45) is 0 Å². The summed E-state index contributed by atoms with van der Waals surface area (Å²) in [7, 11) is 0. The van der Waals surface area contributed by atoms with Gasteiger partial charge < -0.3 is 14.8 Å². The Hall–Kier alpha value is -1.55. The number of likely N-dealkylation sites (N-methyl/N-ethyl adjacent to an activating group) is 1. The maximum atomic E-state index is 12.2. The largest absolute Gasteiger partial charge is 0.491 e. The number of hydrogen-bond donors (Lipinski definition) is 1. The second-order valence-electron chi connectivity index (χ2n) is 5.53. The zero-order valence-corrected chi connectivity index (χ0v) is 13.7. The summed E-state index contributed by atoms with van der Waals surface area (Å²) in [5.74, 6) is 0.594. The molecule has 1 aromatic rings. The van der Waals surface area contributed by atoms with Crippen LogP contribution in [0.1, 0.15) is 39.7 Å². The van der Waals surface area contributed by atoms with Crippen molar-refractivity contribution >= 4 is 5.97 Å². The van der Waals surface area contributed by atoms with Gasteiger partial charge in [0, 0.05) is 6.42 Å². The minimum Gasteiger partial charge on any atom is -0.491 e. The number of carbonyl (C=O) groups excluding carboxylic acids is 1. The van der Waals surface area contributed by atoms with Gasteiger partial charge >= 0.3 is 5.97 Å². The van der Waals surface area contributed by atoms with E-state index in [0.717, 1.165) is 11.3 Å². The van der Waals surface area contributed by atoms with E-state index in [4.69, 9.17) is 9.47 Å². The number of aryl methyl sites for hydroxylation is 1. The molecule has 21 heavy (non-hydrogen) atoms. The molecule has 0 aliphatic rings. The highest BCUT2D eigenvalue weighted by Gasteiger charge is 2.36. The van der Waals surface area contributed by atoms with Crippen molar-refractivity contribution in [2.75, 3.05) is 13.2 Å². The monoisotopic (exact) mass is 293 g/mol. The van der Waals surface area contributed by atoms with Gasteiger partial charge in [0.2, 0.25) is 0 Å². The molecule has 0 radical (unpaired) electrons. The zero-order chi connectivity index (χ0) is 15.9. The van der Waals surface area contributed by atoms with E-state index in [1.165, 1.54) is 0 Å². The van der Waals surface area contributed by atoms with Crippen LogP contribution in [0.5, 0.6) is 5.75 Å². The van der Waals surface area contributed by atoms with Gasteiger partial charge in [0.1, 0.15) is 11.3 Å². The van der Waals surface area contributed by atoms with Crippen LogP contribution in [-0.2, 0) is 9.53 Å².